The fourth-order valence-corrected chi connectivity index (χ4v) is 16.0. The molecule has 0 aromatic heterocycles. The summed E-state index contributed by atoms with van der Waals surface area (Å²) in [6.07, 6.45) is 8.88. The van der Waals surface area contributed by atoms with E-state index in [1.807, 2.05) is 0 Å². The minimum atomic E-state index is -0.939. The zero-order valence-electron chi connectivity index (χ0n) is 56.9. The predicted octanol–water partition coefficient (Wildman–Crippen LogP) is 6.95. The first kappa shape index (κ1) is 72.1. The van der Waals surface area contributed by atoms with Crippen LogP contribution in [0.3, 0.4) is 0 Å². The van der Waals surface area contributed by atoms with Gasteiger partial charge >= 0.3 is 23.9 Å². The van der Waals surface area contributed by atoms with Crippen LogP contribution in [0.15, 0.2) is 0 Å². The largest absolute Gasteiger partial charge is 0.459 e. The average Bonchev–Trinajstić information content (AvgIpc) is 1.61. The van der Waals surface area contributed by atoms with E-state index < -0.39 is 109 Å². The highest BCUT2D eigenvalue weighted by molar-refractivity contribution is 5.93. The molecule has 6 aliphatic rings. The molecular formula is C67H117N7O13. The van der Waals surface area contributed by atoms with Gasteiger partial charge in [-0.25, -0.2) is 0 Å². The number of aliphatic hydroxyl groups excluding tert-OH is 1. The van der Waals surface area contributed by atoms with Crippen LogP contribution in [0, 0.1) is 53.3 Å². The van der Waals surface area contributed by atoms with Crippen LogP contribution in [-0.2, 0) is 57.2 Å². The van der Waals surface area contributed by atoms with E-state index in [0.717, 1.165) is 59.8 Å². The Kier molecular flexibility index (Phi) is 24.9. The molecule has 1 saturated carbocycles. The molecule has 3 amide bonds. The molecule has 0 radical (unpaired) electrons. The van der Waals surface area contributed by atoms with Crippen molar-refractivity contribution in [3.63, 3.8) is 0 Å². The molecule has 0 spiro atoms. The van der Waals surface area contributed by atoms with E-state index >= 15 is 4.79 Å². The molecule has 6 fully saturated rings. The number of hydrogen-bond acceptors (Lipinski definition) is 17. The molecule has 498 valence electrons. The maximum atomic E-state index is 15.3. The van der Waals surface area contributed by atoms with Gasteiger partial charge in [0.25, 0.3) is 0 Å². The van der Waals surface area contributed by atoms with Gasteiger partial charge < -0.3 is 64.8 Å². The van der Waals surface area contributed by atoms with Gasteiger partial charge in [-0.3, -0.25) is 33.6 Å². The van der Waals surface area contributed by atoms with Crippen molar-refractivity contribution in [3.8, 4) is 0 Å². The average molecular weight is 1230 g/mol. The number of ether oxygens (including phenoxy) is 5. The lowest BCUT2D eigenvalue weighted by Gasteiger charge is -2.33. The topological polar surface area (TPSA) is 244 Å². The zero-order chi connectivity index (χ0) is 64.8. The number of carbonyl (C=O) groups excluding carboxylic acids is 7. The minimum absolute atomic E-state index is 0.0291. The number of aliphatic hydroxyl groups is 1. The van der Waals surface area contributed by atoms with E-state index in [2.05, 4.69) is 69.7 Å². The van der Waals surface area contributed by atoms with E-state index in [1.165, 1.54) is 12.8 Å². The molecule has 5 aliphatic heterocycles. The molecule has 19 unspecified atom stereocenters. The maximum absolute atomic E-state index is 15.3. The first-order valence-electron chi connectivity index (χ1n) is 33.4. The Morgan fingerprint density at radius 2 is 0.897 bits per heavy atom. The second kappa shape index (κ2) is 30.0. The molecule has 0 aromatic rings. The number of hydrogen-bond donors (Lipinski definition) is 5. The van der Waals surface area contributed by atoms with Gasteiger partial charge in [0.05, 0.1) is 12.2 Å². The molecule has 1 aliphatic carbocycles. The summed E-state index contributed by atoms with van der Waals surface area (Å²) in [5.74, 6) is -3.58. The summed E-state index contributed by atoms with van der Waals surface area (Å²) in [7, 11) is 0. The second-order valence-electron chi connectivity index (χ2n) is 31.1. The number of unbranched alkanes of at least 4 members (excludes halogenated alkanes) is 3. The van der Waals surface area contributed by atoms with Crippen LogP contribution in [0.1, 0.15) is 202 Å². The number of esters is 4. The van der Waals surface area contributed by atoms with Crippen LogP contribution >= 0.6 is 0 Å². The van der Waals surface area contributed by atoms with Gasteiger partial charge in [0.2, 0.25) is 17.7 Å². The third kappa shape index (κ3) is 20.0. The number of rotatable bonds is 23. The fourth-order valence-electron chi connectivity index (χ4n) is 16.0. The van der Waals surface area contributed by atoms with Crippen molar-refractivity contribution in [2.45, 2.75) is 285 Å². The Morgan fingerprint density at radius 1 is 0.483 bits per heavy atom. The van der Waals surface area contributed by atoms with E-state index in [1.54, 1.807) is 83.1 Å². The van der Waals surface area contributed by atoms with Crippen LogP contribution in [-0.4, -0.2) is 190 Å². The molecule has 87 heavy (non-hydrogen) atoms. The van der Waals surface area contributed by atoms with Crippen molar-refractivity contribution in [3.05, 3.63) is 0 Å². The highest BCUT2D eigenvalue weighted by Crippen LogP contribution is 2.51. The number of carbonyl (C=O) groups is 7. The summed E-state index contributed by atoms with van der Waals surface area (Å²) in [6, 6.07) is 1.25. The van der Waals surface area contributed by atoms with Crippen LogP contribution in [0.4, 0.5) is 0 Å². The van der Waals surface area contributed by atoms with Crippen molar-refractivity contribution in [2.24, 2.45) is 53.3 Å². The smallest absolute Gasteiger partial charge is 0.326 e. The molecule has 5 N–H and O–H groups in total. The summed E-state index contributed by atoms with van der Waals surface area (Å²) in [5.41, 5.74) is -3.76. The fraction of sp³-hybridized carbons (Fsp3) is 0.896. The number of amides is 3. The van der Waals surface area contributed by atoms with E-state index in [9.17, 15) is 33.9 Å². The van der Waals surface area contributed by atoms with Gasteiger partial charge in [-0.15, -0.1) is 0 Å². The highest BCUT2D eigenvalue weighted by atomic mass is 16.6. The van der Waals surface area contributed by atoms with Crippen LogP contribution in [0.5, 0.6) is 0 Å². The minimum Gasteiger partial charge on any atom is -0.459 e. The summed E-state index contributed by atoms with van der Waals surface area (Å²) < 4.78 is 29.1. The van der Waals surface area contributed by atoms with Crippen LogP contribution < -0.4 is 21.3 Å². The maximum Gasteiger partial charge on any atom is 0.326 e. The Labute approximate surface area is 522 Å². The van der Waals surface area contributed by atoms with Gasteiger partial charge in [0.1, 0.15) is 61.7 Å². The van der Waals surface area contributed by atoms with Crippen molar-refractivity contribution < 1.29 is 62.4 Å². The monoisotopic (exact) mass is 1230 g/mol. The number of nitrogens with one attached hydrogen (secondary N) is 4. The summed E-state index contributed by atoms with van der Waals surface area (Å²) >= 11 is 0. The summed E-state index contributed by atoms with van der Waals surface area (Å²) in [4.78, 5) is 102. The molecule has 5 heterocycles. The summed E-state index contributed by atoms with van der Waals surface area (Å²) in [6.45, 7) is 32.9. The molecule has 20 heteroatoms. The lowest BCUT2D eigenvalue weighted by Crippen LogP contribution is -2.52. The Hall–Kier alpha value is -3.95. The normalized spacial score (nSPS) is 32.7. The standard InChI is InChI=1S/C67H117N7O13/c1-20-22-23-24-27-83-42(7)60-40(5)48-29-47-39(4)44(62(70-47)45-28-52(75)61-41(6)49(71-63(45)61)30-50-43(21-2)38(3)46(68-50)31-51(60)69-48)25-26-53(76)72(32-54(77)73(34-56(79)84-64(8,9)10)35-57(80)85-65(11,12)13)33-55(78)74(36-58(81)86-66(14,15)16)37-59(82)87-67(17,18)19/h38-52,60-63,68-71,75H,20-37H2,1-19H3. The molecule has 20 nitrogen and oxygen atoms in total. The second-order valence-corrected chi connectivity index (χ2v) is 31.1. The van der Waals surface area contributed by atoms with E-state index in [-0.39, 0.29) is 78.4 Å². The molecule has 8 bridgehead atoms. The van der Waals surface area contributed by atoms with Crippen molar-refractivity contribution >= 4 is 41.6 Å². The van der Waals surface area contributed by atoms with Crippen LogP contribution in [0.2, 0.25) is 0 Å². The quantitative estimate of drug-likeness (QED) is 0.0395. The number of fused-ring (bicyclic) bond motifs is 8. The molecule has 6 rings (SSSR count). The van der Waals surface area contributed by atoms with Crippen molar-refractivity contribution in [1.82, 2.24) is 36.0 Å². The van der Waals surface area contributed by atoms with Crippen molar-refractivity contribution in [2.75, 3.05) is 45.9 Å². The molecule has 19 atom stereocenters. The number of nitrogens with zero attached hydrogens (tertiary/aromatic N) is 3. The first-order chi connectivity index (χ1) is 40.4. The zero-order valence-corrected chi connectivity index (χ0v) is 56.9. The molecule has 0 aromatic carbocycles. The van der Waals surface area contributed by atoms with Gasteiger partial charge in [-0.05, 0) is 170 Å². The SMILES string of the molecule is CCCCCCOC(C)C1C2CC3NC(CC4NC5C(CC(O)C5C4C)C4NC(CC(N2)C1C)C(C)C4CCC(=O)N(CC(=O)N(CC(=O)OC(C)(C)C)CC(=O)OC(C)(C)C)CC(=O)N(CC(=O)OC(C)(C)C)CC(=O)OC(C)(C)C)C(CC)C3C. The Bertz CT molecular complexity index is 2210. The lowest BCUT2D eigenvalue weighted by molar-refractivity contribution is -0.164. The Morgan fingerprint density at radius 3 is 1.38 bits per heavy atom. The highest BCUT2D eigenvalue weighted by Gasteiger charge is 2.59. The van der Waals surface area contributed by atoms with Gasteiger partial charge in [0.15, 0.2) is 0 Å². The molecule has 5 saturated heterocycles. The molecular weight excluding hydrogens is 1110 g/mol. The predicted molar refractivity (Wildman–Crippen MR) is 334 cm³/mol. The third-order valence-electron chi connectivity index (χ3n) is 19.8. The van der Waals surface area contributed by atoms with Gasteiger partial charge in [-0.1, -0.05) is 67.2 Å². The summed E-state index contributed by atoms with van der Waals surface area (Å²) in [5, 5.41) is 29.0. The van der Waals surface area contributed by atoms with Crippen LogP contribution in [0.25, 0.3) is 0 Å². The Balaban J connectivity index is 1.35. The van der Waals surface area contributed by atoms with Gasteiger partial charge in [-0.2, -0.15) is 0 Å². The van der Waals surface area contributed by atoms with E-state index in [0.29, 0.717) is 48.6 Å². The third-order valence-corrected chi connectivity index (χ3v) is 19.8. The van der Waals surface area contributed by atoms with Gasteiger partial charge in [0, 0.05) is 73.2 Å². The lowest BCUT2D eigenvalue weighted by atomic mass is 9.76. The van der Waals surface area contributed by atoms with Crippen molar-refractivity contribution in [1.29, 1.82) is 0 Å². The first-order valence-corrected chi connectivity index (χ1v) is 33.4. The van der Waals surface area contributed by atoms with E-state index in [4.69, 9.17) is 23.7 Å².